The molecule has 0 unspecified atom stereocenters. The van der Waals surface area contributed by atoms with Crippen molar-refractivity contribution in [2.75, 3.05) is 52.2 Å². The molecule has 3 aromatic rings. The first-order chi connectivity index (χ1) is 21.2. The SMILES string of the molecule is CN1CCN(C)[C@H](c2ccc(Nc3ncnc(-c4ccc(O[C@H]5CCN(C(=O)[C@@H](O)CO)C[C@H]5F)c(C#N)c4)n3)cc2)C1=O. The van der Waals surface area contributed by atoms with E-state index in [1.807, 2.05) is 36.2 Å². The number of aromatic nitrogens is 3. The molecule has 0 saturated carbocycles. The third kappa shape index (κ3) is 6.60. The summed E-state index contributed by atoms with van der Waals surface area (Å²) in [6.45, 7) is 0.583. The van der Waals surface area contributed by atoms with Crippen molar-refractivity contribution in [3.63, 3.8) is 0 Å². The Hall–Kier alpha value is -4.71. The number of hydrogen-bond acceptors (Lipinski definition) is 11. The first kappa shape index (κ1) is 30.7. The Morgan fingerprint density at radius 2 is 1.95 bits per heavy atom. The number of nitriles is 1. The van der Waals surface area contributed by atoms with E-state index >= 15 is 0 Å². The van der Waals surface area contributed by atoms with E-state index < -0.39 is 30.9 Å². The molecule has 2 fully saturated rings. The summed E-state index contributed by atoms with van der Waals surface area (Å²) in [5.74, 6) is 0.0731. The summed E-state index contributed by atoms with van der Waals surface area (Å²) < 4.78 is 20.7. The van der Waals surface area contributed by atoms with Gasteiger partial charge in [0.2, 0.25) is 11.9 Å². The topological polar surface area (TPSA) is 168 Å². The summed E-state index contributed by atoms with van der Waals surface area (Å²) in [7, 11) is 3.74. The second-order valence-corrected chi connectivity index (χ2v) is 10.8. The number of ether oxygens (including phenoxy) is 1. The average Bonchev–Trinajstić information content (AvgIpc) is 3.04. The molecule has 13 nitrogen and oxygen atoms in total. The lowest BCUT2D eigenvalue weighted by Gasteiger charge is -2.37. The zero-order valence-corrected chi connectivity index (χ0v) is 24.3. The van der Waals surface area contributed by atoms with Gasteiger partial charge in [0.1, 0.15) is 30.3 Å². The van der Waals surface area contributed by atoms with E-state index in [1.165, 1.54) is 6.33 Å². The second-order valence-electron chi connectivity index (χ2n) is 10.8. The number of likely N-dealkylation sites (tertiary alicyclic amines) is 1. The molecule has 4 atom stereocenters. The summed E-state index contributed by atoms with van der Waals surface area (Å²) in [6.07, 6.45) is -2.56. The summed E-state index contributed by atoms with van der Waals surface area (Å²) in [5.41, 5.74) is 2.28. The first-order valence-corrected chi connectivity index (χ1v) is 14.1. The Balaban J connectivity index is 1.25. The van der Waals surface area contributed by atoms with Gasteiger partial charge in [-0.1, -0.05) is 12.1 Å². The number of amides is 2. The van der Waals surface area contributed by atoms with Crippen LogP contribution in [0.3, 0.4) is 0 Å². The van der Waals surface area contributed by atoms with Crippen molar-refractivity contribution >= 4 is 23.5 Å². The Kier molecular flexibility index (Phi) is 9.29. The fourth-order valence-corrected chi connectivity index (χ4v) is 5.24. The van der Waals surface area contributed by atoms with Gasteiger partial charge in [0.15, 0.2) is 18.1 Å². The Morgan fingerprint density at radius 1 is 1.18 bits per heavy atom. The number of anilines is 2. The molecule has 44 heavy (non-hydrogen) atoms. The highest BCUT2D eigenvalue weighted by Crippen LogP contribution is 2.29. The van der Waals surface area contributed by atoms with E-state index in [2.05, 4.69) is 26.3 Å². The summed E-state index contributed by atoms with van der Waals surface area (Å²) in [4.78, 5) is 42.6. The van der Waals surface area contributed by atoms with Gasteiger partial charge in [-0.3, -0.25) is 14.5 Å². The van der Waals surface area contributed by atoms with Gasteiger partial charge in [0.25, 0.3) is 5.91 Å². The van der Waals surface area contributed by atoms with Crippen LogP contribution in [0.4, 0.5) is 16.0 Å². The van der Waals surface area contributed by atoms with Crippen LogP contribution < -0.4 is 10.1 Å². The molecule has 2 saturated heterocycles. The van der Waals surface area contributed by atoms with Crippen LogP contribution in [0.1, 0.15) is 23.6 Å². The molecule has 0 aliphatic carbocycles. The molecule has 0 bridgehead atoms. The zero-order chi connectivity index (χ0) is 31.4. The lowest BCUT2D eigenvalue weighted by molar-refractivity contribution is -0.146. The van der Waals surface area contributed by atoms with Crippen LogP contribution in [0.25, 0.3) is 11.4 Å². The van der Waals surface area contributed by atoms with Crippen LogP contribution in [-0.2, 0) is 9.59 Å². The third-order valence-corrected chi connectivity index (χ3v) is 7.78. The van der Waals surface area contributed by atoms with Crippen molar-refractivity contribution in [1.29, 1.82) is 5.26 Å². The summed E-state index contributed by atoms with van der Waals surface area (Å²) in [6, 6.07) is 13.9. The molecule has 2 aromatic carbocycles. The molecule has 2 aliphatic rings. The van der Waals surface area contributed by atoms with Gasteiger partial charge >= 0.3 is 0 Å². The number of aliphatic hydroxyl groups is 2. The molecule has 230 valence electrons. The minimum Gasteiger partial charge on any atom is -0.486 e. The van der Waals surface area contributed by atoms with Crippen molar-refractivity contribution in [1.82, 2.24) is 29.7 Å². The van der Waals surface area contributed by atoms with Gasteiger partial charge in [0, 0.05) is 44.4 Å². The maximum atomic E-state index is 14.9. The second kappa shape index (κ2) is 13.3. The van der Waals surface area contributed by atoms with E-state index in [1.54, 1.807) is 30.1 Å². The molecule has 2 aliphatic heterocycles. The quantitative estimate of drug-likeness (QED) is 0.339. The van der Waals surface area contributed by atoms with Crippen LogP contribution in [-0.4, -0.2) is 117 Å². The normalized spacial score (nSPS) is 21.5. The number of aliphatic hydroxyl groups excluding tert-OH is 2. The largest absolute Gasteiger partial charge is 0.486 e. The predicted octanol–water partition coefficient (Wildman–Crippen LogP) is 1.27. The maximum absolute atomic E-state index is 14.9. The third-order valence-electron chi connectivity index (χ3n) is 7.78. The number of piperidine rings is 1. The number of rotatable bonds is 8. The van der Waals surface area contributed by atoms with Gasteiger partial charge < -0.3 is 30.1 Å². The van der Waals surface area contributed by atoms with Gasteiger partial charge in [-0.15, -0.1) is 0 Å². The smallest absolute Gasteiger partial charge is 0.253 e. The van der Waals surface area contributed by atoms with Crippen molar-refractivity contribution in [3.8, 4) is 23.2 Å². The standard InChI is InChI=1S/C30H33FN8O5/c1-37-11-12-38(2)29(43)26(37)18-3-6-21(7-4-18)35-30-34-17-33-27(36-30)19-5-8-24(20(13-19)14-32)44-25-9-10-39(15-22(25)31)28(42)23(41)16-40/h3-8,13,17,22-23,25-26,40-41H,9-12,15-16H2,1-2H3,(H,33,34,35,36)/t22-,23+,25+,26-/m1/s1. The highest BCUT2D eigenvalue weighted by molar-refractivity contribution is 5.84. The molecule has 1 aromatic heterocycles. The summed E-state index contributed by atoms with van der Waals surface area (Å²) in [5, 5.41) is 31.5. The minimum absolute atomic E-state index is 0.0519. The van der Waals surface area contributed by atoms with E-state index in [0.717, 1.165) is 17.0 Å². The van der Waals surface area contributed by atoms with Crippen molar-refractivity contribution in [2.45, 2.75) is 30.8 Å². The number of likely N-dealkylation sites (N-methyl/N-ethyl adjacent to an activating group) is 2. The minimum atomic E-state index is -1.59. The van der Waals surface area contributed by atoms with Gasteiger partial charge in [-0.2, -0.15) is 10.2 Å². The van der Waals surface area contributed by atoms with Gasteiger partial charge in [0.05, 0.1) is 18.7 Å². The van der Waals surface area contributed by atoms with E-state index in [9.17, 15) is 24.3 Å². The highest BCUT2D eigenvalue weighted by Gasteiger charge is 2.35. The van der Waals surface area contributed by atoms with Crippen molar-refractivity contribution in [3.05, 3.63) is 59.9 Å². The van der Waals surface area contributed by atoms with Crippen LogP contribution >= 0.6 is 0 Å². The number of alkyl halides is 1. The van der Waals surface area contributed by atoms with E-state index in [0.29, 0.717) is 23.6 Å². The predicted molar refractivity (Wildman–Crippen MR) is 156 cm³/mol. The molecular weight excluding hydrogens is 571 g/mol. The molecule has 0 radical (unpaired) electrons. The van der Waals surface area contributed by atoms with Gasteiger partial charge in [-0.05, 0) is 42.9 Å². The van der Waals surface area contributed by atoms with Crippen LogP contribution in [0.5, 0.6) is 5.75 Å². The van der Waals surface area contributed by atoms with Gasteiger partial charge in [-0.25, -0.2) is 14.4 Å². The molecule has 5 rings (SSSR count). The Morgan fingerprint density at radius 3 is 2.66 bits per heavy atom. The number of carbonyl (C=O) groups excluding carboxylic acids is 2. The van der Waals surface area contributed by atoms with Crippen molar-refractivity contribution < 1.29 is 28.9 Å². The molecule has 14 heteroatoms. The zero-order valence-electron chi connectivity index (χ0n) is 24.3. The first-order valence-electron chi connectivity index (χ1n) is 14.1. The number of benzene rings is 2. The maximum Gasteiger partial charge on any atom is 0.253 e. The number of carbonyl (C=O) groups is 2. The van der Waals surface area contributed by atoms with Crippen LogP contribution in [0, 0.1) is 11.3 Å². The fourth-order valence-electron chi connectivity index (χ4n) is 5.24. The molecule has 0 spiro atoms. The lowest BCUT2D eigenvalue weighted by atomic mass is 10.0. The lowest BCUT2D eigenvalue weighted by Crippen LogP contribution is -2.52. The van der Waals surface area contributed by atoms with Crippen LogP contribution in [0.2, 0.25) is 0 Å². The Labute approximate surface area is 253 Å². The highest BCUT2D eigenvalue weighted by atomic mass is 19.1. The Bertz CT molecular complexity index is 1550. The monoisotopic (exact) mass is 604 g/mol. The summed E-state index contributed by atoms with van der Waals surface area (Å²) >= 11 is 0. The molecule has 3 N–H and O–H groups in total. The average molecular weight is 605 g/mol. The van der Waals surface area contributed by atoms with E-state index in [-0.39, 0.29) is 48.7 Å². The number of nitrogens with one attached hydrogen (secondary N) is 1. The number of nitrogens with zero attached hydrogens (tertiary/aromatic N) is 7. The molecule has 3 heterocycles. The number of halogens is 1. The number of hydrogen-bond donors (Lipinski definition) is 3. The fraction of sp³-hybridized carbons (Fsp3) is 0.400. The van der Waals surface area contributed by atoms with Crippen LogP contribution in [0.15, 0.2) is 48.8 Å². The molecular formula is C30H33FN8O5. The molecule has 2 amide bonds. The number of piperazine rings is 1. The van der Waals surface area contributed by atoms with E-state index in [4.69, 9.17) is 9.84 Å². The van der Waals surface area contributed by atoms with Crippen molar-refractivity contribution in [2.24, 2.45) is 0 Å².